The van der Waals surface area contributed by atoms with E-state index >= 15 is 0 Å². The fourth-order valence-corrected chi connectivity index (χ4v) is 2.26. The van der Waals surface area contributed by atoms with Crippen LogP contribution in [0.25, 0.3) is 0 Å². The minimum absolute atomic E-state index is 0.204. The maximum Gasteiger partial charge on any atom is 0.233 e. The van der Waals surface area contributed by atoms with Crippen molar-refractivity contribution in [1.29, 1.82) is 0 Å². The highest BCUT2D eigenvalue weighted by Crippen LogP contribution is 2.20. The molecule has 0 saturated heterocycles. The highest BCUT2D eigenvalue weighted by atomic mass is 16.5. The summed E-state index contributed by atoms with van der Waals surface area (Å²) in [4.78, 5) is 13.3. The first kappa shape index (κ1) is 17.5. The Labute approximate surface area is 152 Å². The van der Waals surface area contributed by atoms with Crippen molar-refractivity contribution in [3.05, 3.63) is 54.6 Å². The Hall–Kier alpha value is -3.35. The monoisotopic (exact) mass is 350 g/mol. The van der Waals surface area contributed by atoms with Gasteiger partial charge < -0.3 is 20.7 Å². The molecule has 0 atom stereocenters. The molecule has 0 fully saturated rings. The van der Waals surface area contributed by atoms with E-state index in [-0.39, 0.29) is 6.04 Å². The van der Waals surface area contributed by atoms with Crippen LogP contribution in [0.4, 0.5) is 29.2 Å². The predicted octanol–water partition coefficient (Wildman–Crippen LogP) is 4.19. The highest BCUT2D eigenvalue weighted by Gasteiger charge is 2.08. The number of benzene rings is 2. The zero-order chi connectivity index (χ0) is 18.4. The lowest BCUT2D eigenvalue weighted by Gasteiger charge is -2.13. The van der Waals surface area contributed by atoms with E-state index in [9.17, 15) is 0 Å². The molecule has 0 aliphatic rings. The van der Waals surface area contributed by atoms with Crippen LogP contribution in [-0.2, 0) is 0 Å². The van der Waals surface area contributed by atoms with Crippen LogP contribution >= 0.6 is 0 Å². The number of hydrogen-bond donors (Lipinski definition) is 3. The third-order valence-electron chi connectivity index (χ3n) is 3.43. The van der Waals surface area contributed by atoms with Gasteiger partial charge in [-0.15, -0.1) is 0 Å². The van der Waals surface area contributed by atoms with Crippen LogP contribution in [0.15, 0.2) is 54.6 Å². The van der Waals surface area contributed by atoms with Crippen molar-refractivity contribution in [2.75, 3.05) is 23.1 Å². The first-order chi connectivity index (χ1) is 12.6. The van der Waals surface area contributed by atoms with Crippen LogP contribution in [-0.4, -0.2) is 28.1 Å². The van der Waals surface area contributed by atoms with Gasteiger partial charge in [-0.3, -0.25) is 0 Å². The lowest BCUT2D eigenvalue weighted by Crippen LogP contribution is -2.15. The summed E-state index contributed by atoms with van der Waals surface area (Å²) in [5.74, 6) is 2.21. The largest absolute Gasteiger partial charge is 0.497 e. The minimum Gasteiger partial charge on any atom is -0.497 e. The van der Waals surface area contributed by atoms with Crippen LogP contribution in [0.2, 0.25) is 0 Å². The number of nitrogens with one attached hydrogen (secondary N) is 3. The molecule has 0 aliphatic carbocycles. The van der Waals surface area contributed by atoms with Gasteiger partial charge in [-0.1, -0.05) is 18.2 Å². The fourth-order valence-electron chi connectivity index (χ4n) is 2.26. The predicted molar refractivity (Wildman–Crippen MR) is 105 cm³/mol. The third kappa shape index (κ3) is 4.83. The smallest absolute Gasteiger partial charge is 0.233 e. The number of nitrogens with zero attached hydrogens (tertiary/aromatic N) is 3. The number of para-hydroxylation sites is 1. The number of hydrogen-bond acceptors (Lipinski definition) is 7. The molecule has 0 radical (unpaired) electrons. The molecule has 0 spiro atoms. The second kappa shape index (κ2) is 8.15. The van der Waals surface area contributed by atoms with Gasteiger partial charge in [0.15, 0.2) is 0 Å². The third-order valence-corrected chi connectivity index (χ3v) is 3.43. The van der Waals surface area contributed by atoms with E-state index in [2.05, 4.69) is 30.9 Å². The number of ether oxygens (including phenoxy) is 1. The molecule has 1 aromatic heterocycles. The van der Waals surface area contributed by atoms with Crippen LogP contribution in [0.5, 0.6) is 5.75 Å². The first-order valence-electron chi connectivity index (χ1n) is 8.38. The maximum absolute atomic E-state index is 5.18. The van der Waals surface area contributed by atoms with Gasteiger partial charge in [0.2, 0.25) is 17.8 Å². The number of rotatable bonds is 7. The lowest BCUT2D eigenvalue weighted by molar-refractivity contribution is 0.415. The van der Waals surface area contributed by atoms with Gasteiger partial charge in [0.05, 0.1) is 7.11 Å². The molecular weight excluding hydrogens is 328 g/mol. The quantitative estimate of drug-likeness (QED) is 0.589. The van der Waals surface area contributed by atoms with Crippen molar-refractivity contribution in [2.24, 2.45) is 0 Å². The Kier molecular flexibility index (Phi) is 5.48. The molecule has 0 amide bonds. The number of methoxy groups -OCH3 is 1. The van der Waals surface area contributed by atoms with Crippen LogP contribution in [0, 0.1) is 0 Å². The normalized spacial score (nSPS) is 10.5. The van der Waals surface area contributed by atoms with Crippen molar-refractivity contribution in [1.82, 2.24) is 15.0 Å². The van der Waals surface area contributed by atoms with Crippen molar-refractivity contribution in [3.8, 4) is 5.75 Å². The average molecular weight is 350 g/mol. The Bertz CT molecular complexity index is 836. The standard InChI is InChI=1S/C19H22N6O/c1-13(2)20-17-23-18(21-14-7-5-4-6-8-14)25-19(24-17)22-15-9-11-16(26-3)12-10-15/h4-13H,1-3H3,(H3,20,21,22,23,24,25). The van der Waals surface area contributed by atoms with E-state index in [0.29, 0.717) is 17.8 Å². The lowest BCUT2D eigenvalue weighted by atomic mass is 10.3. The molecule has 134 valence electrons. The maximum atomic E-state index is 5.18. The fraction of sp³-hybridized carbons (Fsp3) is 0.211. The van der Waals surface area contributed by atoms with E-state index in [1.165, 1.54) is 0 Å². The minimum atomic E-state index is 0.204. The second-order valence-corrected chi connectivity index (χ2v) is 5.95. The van der Waals surface area contributed by atoms with Crippen molar-refractivity contribution < 1.29 is 4.74 Å². The zero-order valence-corrected chi connectivity index (χ0v) is 15.0. The summed E-state index contributed by atoms with van der Waals surface area (Å²) >= 11 is 0. The van der Waals surface area contributed by atoms with E-state index in [0.717, 1.165) is 17.1 Å². The van der Waals surface area contributed by atoms with E-state index in [1.54, 1.807) is 7.11 Å². The van der Waals surface area contributed by atoms with Crippen molar-refractivity contribution >= 4 is 29.2 Å². The Morgan fingerprint density at radius 2 is 1.27 bits per heavy atom. The summed E-state index contributed by atoms with van der Waals surface area (Å²) in [6.07, 6.45) is 0. The number of anilines is 5. The van der Waals surface area contributed by atoms with E-state index < -0.39 is 0 Å². The molecule has 0 saturated carbocycles. The second-order valence-electron chi connectivity index (χ2n) is 5.95. The molecule has 3 aromatic rings. The summed E-state index contributed by atoms with van der Waals surface area (Å²) in [6.45, 7) is 4.06. The topological polar surface area (TPSA) is 84.0 Å². The average Bonchev–Trinajstić information content (AvgIpc) is 2.62. The van der Waals surface area contributed by atoms with Gasteiger partial charge >= 0.3 is 0 Å². The molecule has 0 bridgehead atoms. The van der Waals surface area contributed by atoms with Gasteiger partial charge in [-0.2, -0.15) is 15.0 Å². The van der Waals surface area contributed by atoms with Gasteiger partial charge in [0, 0.05) is 17.4 Å². The van der Waals surface area contributed by atoms with Crippen LogP contribution < -0.4 is 20.7 Å². The zero-order valence-electron chi connectivity index (χ0n) is 15.0. The summed E-state index contributed by atoms with van der Waals surface area (Å²) in [7, 11) is 1.64. The van der Waals surface area contributed by atoms with Crippen LogP contribution in [0.1, 0.15) is 13.8 Å². The summed E-state index contributed by atoms with van der Waals surface area (Å²) < 4.78 is 5.18. The molecule has 0 aliphatic heterocycles. The van der Waals surface area contributed by atoms with E-state index in [4.69, 9.17) is 4.74 Å². The molecular formula is C19H22N6O. The molecule has 0 unspecified atom stereocenters. The molecule has 3 N–H and O–H groups in total. The summed E-state index contributed by atoms with van der Waals surface area (Å²) in [6, 6.07) is 17.5. The van der Waals surface area contributed by atoms with Gasteiger partial charge in [0.25, 0.3) is 0 Å². The molecule has 2 aromatic carbocycles. The Morgan fingerprint density at radius 3 is 1.81 bits per heavy atom. The molecule has 26 heavy (non-hydrogen) atoms. The summed E-state index contributed by atoms with van der Waals surface area (Å²) in [5.41, 5.74) is 1.77. The summed E-state index contributed by atoms with van der Waals surface area (Å²) in [5, 5.41) is 9.61. The highest BCUT2D eigenvalue weighted by molar-refractivity contribution is 5.59. The Morgan fingerprint density at radius 1 is 0.731 bits per heavy atom. The van der Waals surface area contributed by atoms with Crippen molar-refractivity contribution in [3.63, 3.8) is 0 Å². The van der Waals surface area contributed by atoms with Gasteiger partial charge in [-0.05, 0) is 50.2 Å². The number of aromatic nitrogens is 3. The van der Waals surface area contributed by atoms with Crippen LogP contribution in [0.3, 0.4) is 0 Å². The first-order valence-corrected chi connectivity index (χ1v) is 8.38. The van der Waals surface area contributed by atoms with Crippen molar-refractivity contribution in [2.45, 2.75) is 19.9 Å². The molecule has 1 heterocycles. The molecule has 3 rings (SSSR count). The molecule has 7 nitrogen and oxygen atoms in total. The Balaban J connectivity index is 1.85. The molecule has 7 heteroatoms. The van der Waals surface area contributed by atoms with Gasteiger partial charge in [-0.25, -0.2) is 0 Å². The van der Waals surface area contributed by atoms with E-state index in [1.807, 2.05) is 68.4 Å². The van der Waals surface area contributed by atoms with Gasteiger partial charge in [0.1, 0.15) is 5.75 Å². The SMILES string of the molecule is COc1ccc(Nc2nc(Nc3ccccc3)nc(NC(C)C)n2)cc1.